The summed E-state index contributed by atoms with van der Waals surface area (Å²) in [5.41, 5.74) is 7.44. The van der Waals surface area contributed by atoms with Gasteiger partial charge in [0.2, 0.25) is 0 Å². The molecule has 1 heterocycles. The zero-order chi connectivity index (χ0) is 15.5. The van der Waals surface area contributed by atoms with Crippen molar-refractivity contribution in [1.29, 1.82) is 0 Å². The number of nitrogens with one attached hydrogen (secondary N) is 1. The minimum atomic E-state index is 0.116. The van der Waals surface area contributed by atoms with E-state index in [0.29, 0.717) is 5.82 Å². The largest absolute Gasteiger partial charge is 0.383 e. The lowest BCUT2D eigenvalue weighted by Crippen LogP contribution is -2.56. The monoisotopic (exact) mass is 290 g/mol. The van der Waals surface area contributed by atoms with Gasteiger partial charge in [-0.25, -0.2) is 4.98 Å². The summed E-state index contributed by atoms with van der Waals surface area (Å²) in [5, 5.41) is 3.69. The molecule has 0 spiro atoms. The van der Waals surface area contributed by atoms with Gasteiger partial charge in [-0.15, -0.1) is 0 Å². The molecule has 4 nitrogen and oxygen atoms in total. The van der Waals surface area contributed by atoms with Crippen LogP contribution in [0.25, 0.3) is 0 Å². The average Bonchev–Trinajstić information content (AvgIpc) is 2.45. The quantitative estimate of drug-likeness (QED) is 0.875. The number of pyridine rings is 1. The molecular weight excluding hydrogens is 260 g/mol. The van der Waals surface area contributed by atoms with Crippen LogP contribution in [0.4, 0.5) is 5.82 Å². The lowest BCUT2D eigenvalue weighted by molar-refractivity contribution is 0.0373. The standard InChI is InChI=1S/C17H30N4/c1-5-19-15(14-9-7-11-20-16(14)18)17(21(3)4)10-6-8-13(2)12-17/h7,9,11,13,15,19H,5-6,8,10,12H2,1-4H3,(H2,18,20). The van der Waals surface area contributed by atoms with E-state index in [2.05, 4.69) is 49.2 Å². The van der Waals surface area contributed by atoms with Gasteiger partial charge in [0.15, 0.2) is 0 Å². The second-order valence-corrected chi connectivity index (χ2v) is 6.67. The molecule has 0 aliphatic heterocycles. The van der Waals surface area contributed by atoms with E-state index in [1.54, 1.807) is 6.20 Å². The number of likely N-dealkylation sites (N-methyl/N-ethyl adjacent to an activating group) is 2. The number of rotatable bonds is 5. The number of anilines is 1. The Labute approximate surface area is 129 Å². The van der Waals surface area contributed by atoms with E-state index in [-0.39, 0.29) is 11.6 Å². The Hall–Kier alpha value is -1.13. The summed E-state index contributed by atoms with van der Waals surface area (Å²) in [6.07, 6.45) is 6.79. The van der Waals surface area contributed by atoms with Gasteiger partial charge in [-0.1, -0.05) is 32.8 Å². The van der Waals surface area contributed by atoms with Crippen LogP contribution in [0.5, 0.6) is 0 Å². The molecule has 3 unspecified atom stereocenters. The van der Waals surface area contributed by atoms with Crippen molar-refractivity contribution in [2.45, 2.75) is 51.1 Å². The second kappa shape index (κ2) is 6.75. The topological polar surface area (TPSA) is 54.2 Å². The third kappa shape index (κ3) is 3.22. The predicted octanol–water partition coefficient (Wildman–Crippen LogP) is 2.82. The van der Waals surface area contributed by atoms with Crippen LogP contribution in [0.3, 0.4) is 0 Å². The number of nitrogens with two attached hydrogens (primary N) is 1. The van der Waals surface area contributed by atoms with Crippen LogP contribution in [0.2, 0.25) is 0 Å². The minimum Gasteiger partial charge on any atom is -0.383 e. The molecule has 1 fully saturated rings. The van der Waals surface area contributed by atoms with Gasteiger partial charge in [0.1, 0.15) is 5.82 Å². The van der Waals surface area contributed by atoms with Gasteiger partial charge in [0.05, 0.1) is 6.04 Å². The molecule has 1 aliphatic rings. The number of aromatic nitrogens is 1. The molecule has 3 N–H and O–H groups in total. The Morgan fingerprint density at radius 1 is 1.52 bits per heavy atom. The molecule has 0 bridgehead atoms. The first-order chi connectivity index (χ1) is 10.0. The Bertz CT molecular complexity index is 460. The normalized spacial score (nSPS) is 27.8. The summed E-state index contributed by atoms with van der Waals surface area (Å²) in [5.74, 6) is 1.41. The Kier molecular flexibility index (Phi) is 5.22. The molecule has 3 atom stereocenters. The van der Waals surface area contributed by atoms with Crippen molar-refractivity contribution in [2.75, 3.05) is 26.4 Å². The van der Waals surface area contributed by atoms with E-state index in [4.69, 9.17) is 5.73 Å². The van der Waals surface area contributed by atoms with Crippen molar-refractivity contribution >= 4 is 5.82 Å². The molecule has 1 saturated carbocycles. The van der Waals surface area contributed by atoms with Crippen molar-refractivity contribution in [3.05, 3.63) is 23.9 Å². The molecular formula is C17H30N4. The van der Waals surface area contributed by atoms with Crippen molar-refractivity contribution in [1.82, 2.24) is 15.2 Å². The average molecular weight is 290 g/mol. The predicted molar refractivity (Wildman–Crippen MR) is 89.1 cm³/mol. The van der Waals surface area contributed by atoms with Crippen molar-refractivity contribution in [3.63, 3.8) is 0 Å². The summed E-state index contributed by atoms with van der Waals surface area (Å²) < 4.78 is 0. The highest BCUT2D eigenvalue weighted by molar-refractivity contribution is 5.43. The zero-order valence-electron chi connectivity index (χ0n) is 13.9. The molecule has 1 aromatic heterocycles. The summed E-state index contributed by atoms with van der Waals surface area (Å²) in [7, 11) is 4.41. The van der Waals surface area contributed by atoms with E-state index in [9.17, 15) is 0 Å². The van der Waals surface area contributed by atoms with Crippen LogP contribution in [0, 0.1) is 5.92 Å². The van der Waals surface area contributed by atoms with Gasteiger partial charge in [-0.2, -0.15) is 0 Å². The molecule has 2 rings (SSSR count). The molecule has 4 heteroatoms. The Balaban J connectivity index is 2.44. The van der Waals surface area contributed by atoms with Gasteiger partial charge in [-0.05, 0) is 45.5 Å². The molecule has 0 radical (unpaired) electrons. The van der Waals surface area contributed by atoms with Crippen molar-refractivity contribution < 1.29 is 0 Å². The summed E-state index contributed by atoms with van der Waals surface area (Å²) in [6, 6.07) is 4.35. The molecule has 1 aliphatic carbocycles. The number of hydrogen-bond acceptors (Lipinski definition) is 4. The van der Waals surface area contributed by atoms with E-state index >= 15 is 0 Å². The number of nitrogen functional groups attached to an aromatic ring is 1. The third-order valence-electron chi connectivity index (χ3n) is 5.03. The molecule has 0 saturated heterocycles. The highest BCUT2D eigenvalue weighted by atomic mass is 15.2. The third-order valence-corrected chi connectivity index (χ3v) is 5.03. The molecule has 0 amide bonds. The first-order valence-corrected chi connectivity index (χ1v) is 8.12. The van der Waals surface area contributed by atoms with Gasteiger partial charge in [0.25, 0.3) is 0 Å². The fraction of sp³-hybridized carbons (Fsp3) is 0.706. The maximum atomic E-state index is 6.18. The fourth-order valence-corrected chi connectivity index (χ4v) is 3.96. The van der Waals surface area contributed by atoms with Crippen molar-refractivity contribution in [2.24, 2.45) is 5.92 Å². The maximum absolute atomic E-state index is 6.18. The van der Waals surface area contributed by atoms with Crippen LogP contribution in [-0.2, 0) is 0 Å². The summed E-state index contributed by atoms with van der Waals surface area (Å²) in [4.78, 5) is 6.71. The number of nitrogens with zero attached hydrogens (tertiary/aromatic N) is 2. The second-order valence-electron chi connectivity index (χ2n) is 6.67. The van der Waals surface area contributed by atoms with E-state index in [1.165, 1.54) is 25.7 Å². The highest BCUT2D eigenvalue weighted by Crippen LogP contribution is 2.44. The van der Waals surface area contributed by atoms with Gasteiger partial charge in [0, 0.05) is 17.3 Å². The lowest BCUT2D eigenvalue weighted by atomic mass is 9.69. The van der Waals surface area contributed by atoms with Crippen LogP contribution >= 0.6 is 0 Å². The molecule has 1 aromatic rings. The Morgan fingerprint density at radius 3 is 2.86 bits per heavy atom. The lowest BCUT2D eigenvalue weighted by Gasteiger charge is -2.50. The van der Waals surface area contributed by atoms with Gasteiger partial charge in [-0.3, -0.25) is 0 Å². The van der Waals surface area contributed by atoms with Gasteiger partial charge < -0.3 is 16.0 Å². The fourth-order valence-electron chi connectivity index (χ4n) is 3.96. The first kappa shape index (κ1) is 16.2. The maximum Gasteiger partial charge on any atom is 0.128 e. The minimum absolute atomic E-state index is 0.116. The summed E-state index contributed by atoms with van der Waals surface area (Å²) in [6.45, 7) is 5.46. The smallest absolute Gasteiger partial charge is 0.128 e. The number of hydrogen-bond donors (Lipinski definition) is 2. The van der Waals surface area contributed by atoms with Gasteiger partial charge >= 0.3 is 0 Å². The first-order valence-electron chi connectivity index (χ1n) is 8.12. The zero-order valence-corrected chi connectivity index (χ0v) is 13.9. The van der Waals surface area contributed by atoms with Crippen LogP contribution in [0.1, 0.15) is 51.1 Å². The summed E-state index contributed by atoms with van der Waals surface area (Å²) >= 11 is 0. The van der Waals surface area contributed by atoms with E-state index in [0.717, 1.165) is 18.0 Å². The van der Waals surface area contributed by atoms with E-state index < -0.39 is 0 Å². The molecule has 0 aromatic carbocycles. The highest BCUT2D eigenvalue weighted by Gasteiger charge is 2.44. The van der Waals surface area contributed by atoms with Crippen LogP contribution < -0.4 is 11.1 Å². The van der Waals surface area contributed by atoms with Crippen LogP contribution in [0.15, 0.2) is 18.3 Å². The Morgan fingerprint density at radius 2 is 2.29 bits per heavy atom. The SMILES string of the molecule is CCNC(c1cccnc1N)C1(N(C)C)CCCC(C)C1. The van der Waals surface area contributed by atoms with E-state index in [1.807, 2.05) is 6.07 Å². The molecule has 21 heavy (non-hydrogen) atoms. The van der Waals surface area contributed by atoms with Crippen molar-refractivity contribution in [3.8, 4) is 0 Å². The molecule has 118 valence electrons. The van der Waals surface area contributed by atoms with Crippen LogP contribution in [-0.4, -0.2) is 36.1 Å².